The molecule has 1 saturated carbocycles. The molecule has 0 bridgehead atoms. The highest BCUT2D eigenvalue weighted by Gasteiger charge is 2.40. The second-order valence-electron chi connectivity index (χ2n) is 8.84. The Morgan fingerprint density at radius 1 is 1.25 bits per heavy atom. The first-order valence-corrected chi connectivity index (χ1v) is 10.8. The zero-order chi connectivity index (χ0) is 19.7. The number of nitrogens with zero attached hydrogens (tertiary/aromatic N) is 1. The molecule has 0 saturated heterocycles. The predicted octanol–water partition coefficient (Wildman–Crippen LogP) is 3.77. The largest absolute Gasteiger partial charge is 0.461 e. The van der Waals surface area contributed by atoms with Crippen molar-refractivity contribution in [1.82, 2.24) is 10.2 Å². The number of benzene rings is 1. The molecule has 3 aliphatic rings. The predicted molar refractivity (Wildman–Crippen MR) is 111 cm³/mol. The van der Waals surface area contributed by atoms with Gasteiger partial charge in [0.1, 0.15) is 12.1 Å². The molecule has 2 heterocycles. The third-order valence-corrected chi connectivity index (χ3v) is 6.67. The van der Waals surface area contributed by atoms with Crippen LogP contribution >= 0.6 is 0 Å². The van der Waals surface area contributed by atoms with Gasteiger partial charge in [0.2, 0.25) is 0 Å². The van der Waals surface area contributed by atoms with E-state index in [1.165, 1.54) is 36.1 Å². The Morgan fingerprint density at radius 3 is 2.75 bits per heavy atom. The summed E-state index contributed by atoms with van der Waals surface area (Å²) in [7, 11) is 0. The third-order valence-electron chi connectivity index (χ3n) is 6.67. The van der Waals surface area contributed by atoms with E-state index in [1.54, 1.807) is 0 Å². The Kier molecular flexibility index (Phi) is 5.63. The van der Waals surface area contributed by atoms with Crippen molar-refractivity contribution in [1.29, 1.82) is 0 Å². The first-order chi connectivity index (χ1) is 13.6. The minimum Gasteiger partial charge on any atom is -0.461 e. The van der Waals surface area contributed by atoms with Crippen LogP contribution in [0, 0.1) is 11.8 Å². The Morgan fingerprint density at radius 2 is 2.00 bits per heavy atom. The van der Waals surface area contributed by atoms with Crippen LogP contribution in [-0.2, 0) is 9.53 Å². The molecule has 4 rings (SSSR count). The lowest BCUT2D eigenvalue weighted by molar-refractivity contribution is -0.156. The van der Waals surface area contributed by atoms with E-state index in [1.807, 2.05) is 13.8 Å². The molecule has 3 atom stereocenters. The SMILES string of the molecule is CC(C)[C@H](N)C(=O)OC(CC1c2ccccc2C2=CNCN21)C1CCCCC1. The van der Waals surface area contributed by atoms with Crippen molar-refractivity contribution in [3.63, 3.8) is 0 Å². The number of hydrogen-bond donors (Lipinski definition) is 2. The van der Waals surface area contributed by atoms with E-state index in [2.05, 4.69) is 40.7 Å². The number of rotatable bonds is 6. The molecule has 1 fully saturated rings. The number of fused-ring (bicyclic) bond motifs is 3. The minimum absolute atomic E-state index is 0.0735. The van der Waals surface area contributed by atoms with Crippen LogP contribution in [-0.4, -0.2) is 29.7 Å². The highest BCUT2D eigenvalue weighted by molar-refractivity contribution is 5.76. The van der Waals surface area contributed by atoms with E-state index in [-0.39, 0.29) is 24.0 Å². The van der Waals surface area contributed by atoms with Crippen LogP contribution in [0.3, 0.4) is 0 Å². The standard InChI is InChI=1S/C23H33N3O2/c1-15(2)22(24)23(27)28-21(16-8-4-3-5-9-16)12-19-17-10-6-7-11-18(17)20-13-25-14-26(19)20/h6-7,10-11,13,15-16,19,21-22,25H,3-5,8-9,12,14,24H2,1-2H3/t19?,21?,22-/m0/s1. The summed E-state index contributed by atoms with van der Waals surface area (Å²) in [6.07, 6.45) is 8.90. The number of carbonyl (C=O) groups is 1. The van der Waals surface area contributed by atoms with Gasteiger partial charge in [0.25, 0.3) is 0 Å². The Bertz CT molecular complexity index is 739. The molecule has 152 valence electrons. The van der Waals surface area contributed by atoms with Gasteiger partial charge in [-0.15, -0.1) is 0 Å². The fourth-order valence-corrected chi connectivity index (χ4v) is 4.92. The van der Waals surface area contributed by atoms with E-state index < -0.39 is 6.04 Å². The zero-order valence-electron chi connectivity index (χ0n) is 17.1. The minimum atomic E-state index is -0.550. The van der Waals surface area contributed by atoms with E-state index in [0.717, 1.165) is 25.9 Å². The van der Waals surface area contributed by atoms with Crippen molar-refractivity contribution in [2.75, 3.05) is 6.67 Å². The summed E-state index contributed by atoms with van der Waals surface area (Å²) in [5, 5.41) is 3.36. The molecule has 28 heavy (non-hydrogen) atoms. The van der Waals surface area contributed by atoms with Crippen molar-refractivity contribution in [3.8, 4) is 0 Å². The molecule has 0 amide bonds. The lowest BCUT2D eigenvalue weighted by Crippen LogP contribution is -2.42. The molecule has 1 aliphatic carbocycles. The molecular weight excluding hydrogens is 350 g/mol. The topological polar surface area (TPSA) is 67.6 Å². The maximum atomic E-state index is 12.7. The fourth-order valence-electron chi connectivity index (χ4n) is 4.92. The molecular formula is C23H33N3O2. The van der Waals surface area contributed by atoms with Gasteiger partial charge >= 0.3 is 5.97 Å². The Labute approximate surface area is 168 Å². The number of nitrogens with two attached hydrogens (primary N) is 1. The van der Waals surface area contributed by atoms with E-state index in [4.69, 9.17) is 10.5 Å². The van der Waals surface area contributed by atoms with Gasteiger partial charge in [0.15, 0.2) is 0 Å². The van der Waals surface area contributed by atoms with Crippen molar-refractivity contribution in [2.24, 2.45) is 17.6 Å². The molecule has 5 heteroatoms. The smallest absolute Gasteiger partial charge is 0.323 e. The van der Waals surface area contributed by atoms with Gasteiger partial charge in [-0.3, -0.25) is 4.79 Å². The lowest BCUT2D eigenvalue weighted by Gasteiger charge is -2.35. The Hall–Kier alpha value is -2.01. The summed E-state index contributed by atoms with van der Waals surface area (Å²) < 4.78 is 6.11. The highest BCUT2D eigenvalue weighted by Crippen LogP contribution is 2.46. The normalized spacial score (nSPS) is 23.6. The summed E-state index contributed by atoms with van der Waals surface area (Å²) in [4.78, 5) is 15.1. The van der Waals surface area contributed by atoms with Crippen LogP contribution in [0.4, 0.5) is 0 Å². The fraction of sp³-hybridized carbons (Fsp3) is 0.609. The first-order valence-electron chi connectivity index (χ1n) is 10.8. The van der Waals surface area contributed by atoms with Crippen LogP contribution in [0.1, 0.15) is 69.5 Å². The van der Waals surface area contributed by atoms with Crippen LogP contribution in [0.2, 0.25) is 0 Å². The number of nitrogens with one attached hydrogen (secondary N) is 1. The van der Waals surface area contributed by atoms with Gasteiger partial charge in [-0.2, -0.15) is 0 Å². The monoisotopic (exact) mass is 383 g/mol. The molecule has 0 aromatic heterocycles. The van der Waals surface area contributed by atoms with Gasteiger partial charge in [-0.25, -0.2) is 0 Å². The van der Waals surface area contributed by atoms with Crippen molar-refractivity contribution in [3.05, 3.63) is 41.6 Å². The van der Waals surface area contributed by atoms with Crippen molar-refractivity contribution >= 4 is 11.7 Å². The van der Waals surface area contributed by atoms with Crippen LogP contribution in [0.15, 0.2) is 30.5 Å². The van der Waals surface area contributed by atoms with Gasteiger partial charge in [0, 0.05) is 18.2 Å². The van der Waals surface area contributed by atoms with Crippen LogP contribution in [0.25, 0.3) is 5.70 Å². The molecule has 3 N–H and O–H groups in total. The zero-order valence-corrected chi connectivity index (χ0v) is 17.1. The van der Waals surface area contributed by atoms with E-state index in [9.17, 15) is 4.79 Å². The second kappa shape index (κ2) is 8.16. The average molecular weight is 384 g/mol. The quantitative estimate of drug-likeness (QED) is 0.732. The Balaban J connectivity index is 1.57. The second-order valence-corrected chi connectivity index (χ2v) is 8.84. The molecule has 2 aliphatic heterocycles. The van der Waals surface area contributed by atoms with Crippen molar-refractivity contribution in [2.45, 2.75) is 70.6 Å². The molecule has 1 aromatic rings. The molecule has 1 aromatic carbocycles. The third kappa shape index (κ3) is 3.64. The molecule has 0 radical (unpaired) electrons. The lowest BCUT2D eigenvalue weighted by atomic mass is 9.82. The van der Waals surface area contributed by atoms with Gasteiger partial charge < -0.3 is 20.7 Å². The summed E-state index contributed by atoms with van der Waals surface area (Å²) >= 11 is 0. The molecule has 5 nitrogen and oxygen atoms in total. The summed E-state index contributed by atoms with van der Waals surface area (Å²) in [5.74, 6) is 0.281. The van der Waals surface area contributed by atoms with Crippen LogP contribution in [0.5, 0.6) is 0 Å². The molecule has 0 spiro atoms. The summed E-state index contributed by atoms with van der Waals surface area (Å²) in [5.41, 5.74) is 10.0. The highest BCUT2D eigenvalue weighted by atomic mass is 16.5. The van der Waals surface area contributed by atoms with Crippen LogP contribution < -0.4 is 11.1 Å². The summed E-state index contributed by atoms with van der Waals surface area (Å²) in [6.45, 7) is 4.76. The van der Waals surface area contributed by atoms with Gasteiger partial charge in [-0.05, 0) is 30.2 Å². The number of ether oxygens (including phenoxy) is 1. The number of esters is 1. The number of carbonyl (C=O) groups excluding carboxylic acids is 1. The van der Waals surface area contributed by atoms with E-state index >= 15 is 0 Å². The van der Waals surface area contributed by atoms with Gasteiger partial charge in [-0.1, -0.05) is 57.4 Å². The molecule has 2 unspecified atom stereocenters. The summed E-state index contributed by atoms with van der Waals surface area (Å²) in [6, 6.07) is 8.31. The maximum Gasteiger partial charge on any atom is 0.323 e. The van der Waals surface area contributed by atoms with Crippen molar-refractivity contribution < 1.29 is 9.53 Å². The number of hydrogen-bond acceptors (Lipinski definition) is 5. The average Bonchev–Trinajstić information content (AvgIpc) is 3.30. The maximum absolute atomic E-state index is 12.7. The van der Waals surface area contributed by atoms with E-state index in [0.29, 0.717) is 5.92 Å². The first kappa shape index (κ1) is 19.3. The van der Waals surface area contributed by atoms with Gasteiger partial charge in [0.05, 0.1) is 18.4 Å².